The van der Waals surface area contributed by atoms with Gasteiger partial charge in [-0.25, -0.2) is 0 Å². The number of hydrogen-bond donors (Lipinski definition) is 1. The quantitative estimate of drug-likeness (QED) is 0.827. The predicted octanol–water partition coefficient (Wildman–Crippen LogP) is 3.04. The molecular formula is C25H31N3O3. The van der Waals surface area contributed by atoms with Gasteiger partial charge in [0.1, 0.15) is 5.75 Å². The van der Waals surface area contributed by atoms with E-state index >= 15 is 0 Å². The molecule has 2 amide bonds. The molecule has 2 heterocycles. The fraction of sp³-hybridized carbons (Fsp3) is 0.440. The third-order valence-corrected chi connectivity index (χ3v) is 6.40. The van der Waals surface area contributed by atoms with E-state index in [2.05, 4.69) is 45.0 Å². The molecule has 164 valence electrons. The lowest BCUT2D eigenvalue weighted by Crippen LogP contribution is -2.53. The minimum Gasteiger partial charge on any atom is -0.496 e. The second-order valence-electron chi connectivity index (χ2n) is 9.52. The lowest BCUT2D eigenvalue weighted by molar-refractivity contribution is -0.131. The Morgan fingerprint density at radius 1 is 1.10 bits per heavy atom. The molecule has 4 rings (SSSR count). The minimum atomic E-state index is -0.441. The van der Waals surface area contributed by atoms with Crippen LogP contribution in [-0.4, -0.2) is 60.4 Å². The number of amides is 2. The first-order valence-electron chi connectivity index (χ1n) is 10.8. The molecule has 2 saturated heterocycles. The molecule has 2 unspecified atom stereocenters. The zero-order valence-electron chi connectivity index (χ0n) is 18.7. The van der Waals surface area contributed by atoms with Crippen molar-refractivity contribution in [3.05, 3.63) is 53.6 Å². The van der Waals surface area contributed by atoms with Gasteiger partial charge in [-0.1, -0.05) is 45.0 Å². The van der Waals surface area contributed by atoms with Crippen molar-refractivity contribution >= 4 is 11.8 Å². The molecule has 2 aromatic carbocycles. The second kappa shape index (κ2) is 8.00. The zero-order valence-corrected chi connectivity index (χ0v) is 18.7. The number of piperazine rings is 1. The number of carbonyl (C=O) groups is 2. The molecule has 6 heteroatoms. The Balaban J connectivity index is 1.59. The van der Waals surface area contributed by atoms with Crippen molar-refractivity contribution in [3.8, 4) is 16.9 Å². The predicted molar refractivity (Wildman–Crippen MR) is 121 cm³/mol. The Labute approximate surface area is 184 Å². The summed E-state index contributed by atoms with van der Waals surface area (Å²) in [7, 11) is 1.64. The third-order valence-electron chi connectivity index (χ3n) is 6.40. The van der Waals surface area contributed by atoms with Crippen molar-refractivity contribution < 1.29 is 14.3 Å². The normalized spacial score (nSPS) is 21.3. The first-order valence-corrected chi connectivity index (χ1v) is 10.8. The van der Waals surface area contributed by atoms with Crippen LogP contribution >= 0.6 is 0 Å². The molecule has 6 nitrogen and oxygen atoms in total. The number of carbonyl (C=O) groups excluding carboxylic acids is 2. The summed E-state index contributed by atoms with van der Waals surface area (Å²) in [5, 5.41) is 0. The number of methoxy groups -OCH3 is 1. The van der Waals surface area contributed by atoms with Crippen LogP contribution in [0.4, 0.5) is 0 Å². The van der Waals surface area contributed by atoms with E-state index in [4.69, 9.17) is 10.5 Å². The number of ether oxygens (including phenoxy) is 1. The summed E-state index contributed by atoms with van der Waals surface area (Å²) in [4.78, 5) is 29.1. The molecule has 2 fully saturated rings. The van der Waals surface area contributed by atoms with Crippen molar-refractivity contribution in [2.75, 3.05) is 26.7 Å². The summed E-state index contributed by atoms with van der Waals surface area (Å²) in [6, 6.07) is 13.6. The Hall–Kier alpha value is -2.86. The first-order chi connectivity index (χ1) is 14.7. The van der Waals surface area contributed by atoms with Gasteiger partial charge in [-0.05, 0) is 41.2 Å². The highest BCUT2D eigenvalue weighted by Crippen LogP contribution is 2.33. The van der Waals surface area contributed by atoms with Crippen LogP contribution in [0.3, 0.4) is 0 Å². The van der Waals surface area contributed by atoms with Gasteiger partial charge in [-0.3, -0.25) is 9.59 Å². The lowest BCUT2D eigenvalue weighted by atomic mass is 9.86. The average molecular weight is 422 g/mol. The van der Waals surface area contributed by atoms with Crippen molar-refractivity contribution in [3.63, 3.8) is 0 Å². The summed E-state index contributed by atoms with van der Waals surface area (Å²) in [5.41, 5.74) is 9.77. The Morgan fingerprint density at radius 2 is 1.81 bits per heavy atom. The van der Waals surface area contributed by atoms with E-state index in [0.29, 0.717) is 31.6 Å². The fourth-order valence-electron chi connectivity index (χ4n) is 4.54. The number of hydrogen-bond acceptors (Lipinski definition) is 4. The van der Waals surface area contributed by atoms with Gasteiger partial charge in [0, 0.05) is 30.8 Å². The standard InChI is InChI=1S/C25H31N3O3/c1-25(2,3)18-8-5-16(6-9-18)20-13-17(7-10-22(20)31-4)23(29)27-11-12-28-19(15-27)14-21(26)24(28)30/h5-10,13,19,21H,11-12,14-15,26H2,1-4H3. The van der Waals surface area contributed by atoms with Gasteiger partial charge in [0.2, 0.25) is 5.91 Å². The van der Waals surface area contributed by atoms with Gasteiger partial charge in [0.25, 0.3) is 5.91 Å². The summed E-state index contributed by atoms with van der Waals surface area (Å²) >= 11 is 0. The maximum Gasteiger partial charge on any atom is 0.254 e. The number of nitrogens with zero attached hydrogens (tertiary/aromatic N) is 2. The average Bonchev–Trinajstić information content (AvgIpc) is 3.05. The summed E-state index contributed by atoms with van der Waals surface area (Å²) < 4.78 is 5.57. The monoisotopic (exact) mass is 421 g/mol. The van der Waals surface area contributed by atoms with E-state index in [9.17, 15) is 9.59 Å². The van der Waals surface area contributed by atoms with Crippen LogP contribution in [0.1, 0.15) is 43.1 Å². The topological polar surface area (TPSA) is 75.9 Å². The van der Waals surface area contributed by atoms with E-state index in [-0.39, 0.29) is 23.3 Å². The molecule has 2 aromatic rings. The highest BCUT2D eigenvalue weighted by molar-refractivity contribution is 5.96. The molecular weight excluding hydrogens is 390 g/mol. The van der Waals surface area contributed by atoms with Gasteiger partial charge >= 0.3 is 0 Å². The van der Waals surface area contributed by atoms with E-state index < -0.39 is 6.04 Å². The van der Waals surface area contributed by atoms with Crippen molar-refractivity contribution in [2.24, 2.45) is 5.73 Å². The van der Waals surface area contributed by atoms with Gasteiger partial charge in [-0.15, -0.1) is 0 Å². The van der Waals surface area contributed by atoms with Gasteiger partial charge in [-0.2, -0.15) is 0 Å². The molecule has 0 spiro atoms. The van der Waals surface area contributed by atoms with Crippen LogP contribution in [0.2, 0.25) is 0 Å². The fourth-order valence-corrected chi connectivity index (χ4v) is 4.54. The van der Waals surface area contributed by atoms with Crippen LogP contribution in [-0.2, 0) is 10.2 Å². The molecule has 31 heavy (non-hydrogen) atoms. The Bertz CT molecular complexity index is 994. The summed E-state index contributed by atoms with van der Waals surface area (Å²) in [6.45, 7) is 8.15. The Kier molecular flexibility index (Phi) is 5.52. The maximum absolute atomic E-state index is 13.3. The molecule has 2 aliphatic rings. The maximum atomic E-state index is 13.3. The smallest absolute Gasteiger partial charge is 0.254 e. The lowest BCUT2D eigenvalue weighted by Gasteiger charge is -2.37. The number of rotatable bonds is 3. The molecule has 2 aliphatic heterocycles. The van der Waals surface area contributed by atoms with Gasteiger partial charge in [0.05, 0.1) is 19.2 Å². The molecule has 2 atom stereocenters. The van der Waals surface area contributed by atoms with Crippen LogP contribution in [0.15, 0.2) is 42.5 Å². The first kappa shape index (κ1) is 21.4. The Morgan fingerprint density at radius 3 is 2.45 bits per heavy atom. The van der Waals surface area contributed by atoms with E-state index in [1.165, 1.54) is 5.56 Å². The van der Waals surface area contributed by atoms with Crippen LogP contribution < -0.4 is 10.5 Å². The number of benzene rings is 2. The van der Waals surface area contributed by atoms with Crippen LogP contribution in [0, 0.1) is 0 Å². The SMILES string of the molecule is COc1ccc(C(=O)N2CCN3C(=O)C(N)CC3C2)cc1-c1ccc(C(C)(C)C)cc1. The van der Waals surface area contributed by atoms with Crippen molar-refractivity contribution in [1.82, 2.24) is 9.80 Å². The van der Waals surface area contributed by atoms with E-state index in [1.54, 1.807) is 7.11 Å². The summed E-state index contributed by atoms with van der Waals surface area (Å²) in [5.74, 6) is 0.711. The number of nitrogens with two attached hydrogens (primary N) is 1. The molecule has 0 saturated carbocycles. The van der Waals surface area contributed by atoms with E-state index in [0.717, 1.165) is 16.9 Å². The zero-order chi connectivity index (χ0) is 22.3. The third kappa shape index (κ3) is 4.04. The molecule has 2 N–H and O–H groups in total. The molecule has 0 bridgehead atoms. The van der Waals surface area contributed by atoms with E-state index in [1.807, 2.05) is 28.0 Å². The summed E-state index contributed by atoms with van der Waals surface area (Å²) in [6.07, 6.45) is 0.608. The minimum absolute atomic E-state index is 0.00235. The second-order valence-corrected chi connectivity index (χ2v) is 9.52. The highest BCUT2D eigenvalue weighted by Gasteiger charge is 2.41. The number of fused-ring (bicyclic) bond motifs is 1. The highest BCUT2D eigenvalue weighted by atomic mass is 16.5. The van der Waals surface area contributed by atoms with Crippen molar-refractivity contribution in [2.45, 2.75) is 44.7 Å². The molecule has 0 aliphatic carbocycles. The molecule has 0 aromatic heterocycles. The largest absolute Gasteiger partial charge is 0.496 e. The van der Waals surface area contributed by atoms with Crippen LogP contribution in [0.5, 0.6) is 5.75 Å². The van der Waals surface area contributed by atoms with Crippen molar-refractivity contribution in [1.29, 1.82) is 0 Å². The van der Waals surface area contributed by atoms with Crippen LogP contribution in [0.25, 0.3) is 11.1 Å². The van der Waals surface area contributed by atoms with Gasteiger partial charge in [0.15, 0.2) is 0 Å². The molecule has 0 radical (unpaired) electrons. The van der Waals surface area contributed by atoms with Gasteiger partial charge < -0.3 is 20.3 Å².